The van der Waals surface area contributed by atoms with Crippen molar-refractivity contribution >= 4 is 23.5 Å². The number of ether oxygens (including phenoxy) is 2. The maximum absolute atomic E-state index is 12.4. The van der Waals surface area contributed by atoms with E-state index in [0.29, 0.717) is 0 Å². The Labute approximate surface area is 214 Å². The highest BCUT2D eigenvalue weighted by atomic mass is 31.3. The molecule has 17 nitrogen and oxygen atoms in total. The molecule has 1 aliphatic heterocycles. The summed E-state index contributed by atoms with van der Waals surface area (Å²) in [5.41, 5.74) is 0.399. The molecule has 0 bridgehead atoms. The number of aromatic nitrogens is 2. The number of hydrogen-bond acceptors (Lipinski definition) is 11. The standard InChI is InChI=1S/C18H25N2O15P3/c1-11-4-2-3-5-12(11)8-31-9-13-7-20(18(23)19-17(13)22)16-6-14(21)15(33-16)10-32-37(27,28)35-38(29,30)34-36(24,25)26/h2-5,7,14-16,21H,6,8-10H2,1H3,(H,27,28)(H,29,30)(H,19,22,23)(H2,24,25,26)/t14?,15-,16-/m1/s1. The number of aromatic amines is 1. The Balaban J connectivity index is 1.63. The minimum Gasteiger partial charge on any atom is -0.390 e. The fourth-order valence-electron chi connectivity index (χ4n) is 3.39. The molecule has 1 aliphatic rings. The van der Waals surface area contributed by atoms with Crippen molar-refractivity contribution in [1.82, 2.24) is 9.55 Å². The van der Waals surface area contributed by atoms with Gasteiger partial charge in [-0.05, 0) is 18.1 Å². The maximum Gasteiger partial charge on any atom is 0.490 e. The van der Waals surface area contributed by atoms with Crippen LogP contribution in [0.3, 0.4) is 0 Å². The second-order valence-electron chi connectivity index (χ2n) is 8.06. The molecule has 3 rings (SSSR count). The molecule has 0 saturated carbocycles. The summed E-state index contributed by atoms with van der Waals surface area (Å²) in [6, 6.07) is 7.46. The van der Waals surface area contributed by atoms with Gasteiger partial charge in [-0.3, -0.25) is 18.9 Å². The summed E-state index contributed by atoms with van der Waals surface area (Å²) in [5.74, 6) is 0. The average Bonchev–Trinajstić information content (AvgIpc) is 3.13. The highest BCUT2D eigenvalue weighted by Crippen LogP contribution is 2.66. The molecule has 20 heteroatoms. The highest BCUT2D eigenvalue weighted by Gasteiger charge is 2.43. The summed E-state index contributed by atoms with van der Waals surface area (Å²) in [6.07, 6.45) is -2.92. The molecule has 0 radical (unpaired) electrons. The van der Waals surface area contributed by atoms with Gasteiger partial charge in [0.05, 0.1) is 31.5 Å². The fraction of sp³-hybridized carbons (Fsp3) is 0.444. The Morgan fingerprint density at radius 2 is 1.68 bits per heavy atom. The van der Waals surface area contributed by atoms with Crippen molar-refractivity contribution in [2.24, 2.45) is 0 Å². The third-order valence-electron chi connectivity index (χ3n) is 5.15. The Morgan fingerprint density at radius 3 is 2.34 bits per heavy atom. The van der Waals surface area contributed by atoms with E-state index in [0.717, 1.165) is 15.7 Å². The summed E-state index contributed by atoms with van der Waals surface area (Å²) in [4.78, 5) is 62.5. The van der Waals surface area contributed by atoms with Crippen LogP contribution in [0.15, 0.2) is 40.1 Å². The first-order valence-corrected chi connectivity index (χ1v) is 15.2. The molecular formula is C18H25N2O15P3. The van der Waals surface area contributed by atoms with Gasteiger partial charge in [-0.2, -0.15) is 8.62 Å². The smallest absolute Gasteiger partial charge is 0.390 e. The molecule has 1 aromatic heterocycles. The molecule has 212 valence electrons. The van der Waals surface area contributed by atoms with Crippen molar-refractivity contribution in [3.05, 3.63) is 68.0 Å². The third-order valence-corrected chi connectivity index (χ3v) is 8.95. The van der Waals surface area contributed by atoms with Gasteiger partial charge in [0.1, 0.15) is 12.3 Å². The van der Waals surface area contributed by atoms with Gasteiger partial charge in [-0.15, -0.1) is 0 Å². The Morgan fingerprint density at radius 1 is 1.03 bits per heavy atom. The largest absolute Gasteiger partial charge is 0.490 e. The monoisotopic (exact) mass is 602 g/mol. The summed E-state index contributed by atoms with van der Waals surface area (Å²) in [6.45, 7) is 1.03. The number of H-pyrrole nitrogens is 1. The zero-order chi connectivity index (χ0) is 28.3. The number of nitrogens with zero attached hydrogens (tertiary/aromatic N) is 1. The molecule has 1 fully saturated rings. The minimum atomic E-state index is -5.72. The lowest BCUT2D eigenvalue weighted by Crippen LogP contribution is -2.34. The van der Waals surface area contributed by atoms with Crippen LogP contribution in [0.5, 0.6) is 0 Å². The van der Waals surface area contributed by atoms with Crippen LogP contribution in [0.2, 0.25) is 0 Å². The lowest BCUT2D eigenvalue weighted by atomic mass is 10.1. The van der Waals surface area contributed by atoms with Gasteiger partial charge in [0.25, 0.3) is 5.56 Å². The number of phosphoric acid groups is 3. The van der Waals surface area contributed by atoms with Crippen LogP contribution in [-0.2, 0) is 49.5 Å². The van der Waals surface area contributed by atoms with E-state index in [-0.39, 0.29) is 25.2 Å². The van der Waals surface area contributed by atoms with E-state index in [1.807, 2.05) is 31.2 Å². The molecule has 3 unspecified atom stereocenters. The Hall–Kier alpha value is -1.81. The van der Waals surface area contributed by atoms with Gasteiger partial charge >= 0.3 is 29.2 Å². The van der Waals surface area contributed by atoms with E-state index in [4.69, 9.17) is 19.3 Å². The van der Waals surface area contributed by atoms with Gasteiger partial charge < -0.3 is 34.2 Å². The lowest BCUT2D eigenvalue weighted by molar-refractivity contribution is -0.0452. The quantitative estimate of drug-likeness (QED) is 0.181. The van der Waals surface area contributed by atoms with Gasteiger partial charge in [-0.1, -0.05) is 24.3 Å². The molecule has 2 heterocycles. The van der Waals surface area contributed by atoms with Crippen molar-refractivity contribution in [3.8, 4) is 0 Å². The summed E-state index contributed by atoms with van der Waals surface area (Å²) in [7, 11) is -16.7. The Kier molecular flexibility index (Phi) is 9.82. The van der Waals surface area contributed by atoms with Crippen LogP contribution < -0.4 is 11.2 Å². The minimum absolute atomic E-state index is 0.0768. The number of aryl methyl sites for hydroxylation is 1. The van der Waals surface area contributed by atoms with Crippen molar-refractivity contribution < 1.29 is 61.0 Å². The fourth-order valence-corrected chi connectivity index (χ4v) is 6.42. The van der Waals surface area contributed by atoms with Crippen LogP contribution in [0.1, 0.15) is 29.3 Å². The number of aliphatic hydroxyl groups is 1. The van der Waals surface area contributed by atoms with Gasteiger partial charge in [-0.25, -0.2) is 18.5 Å². The Bertz CT molecular complexity index is 1400. The van der Waals surface area contributed by atoms with Crippen LogP contribution in [0, 0.1) is 6.92 Å². The molecular weight excluding hydrogens is 577 g/mol. The molecule has 6 N–H and O–H groups in total. The van der Waals surface area contributed by atoms with Gasteiger partial charge in [0.2, 0.25) is 0 Å². The van der Waals surface area contributed by atoms with Crippen molar-refractivity contribution in [2.45, 2.75) is 45.0 Å². The maximum atomic E-state index is 12.4. The van der Waals surface area contributed by atoms with E-state index in [9.17, 15) is 38.2 Å². The molecule has 1 aromatic carbocycles. The molecule has 5 atom stereocenters. The van der Waals surface area contributed by atoms with Gasteiger partial charge in [0, 0.05) is 12.6 Å². The molecule has 38 heavy (non-hydrogen) atoms. The van der Waals surface area contributed by atoms with E-state index in [1.54, 1.807) is 0 Å². The van der Waals surface area contributed by atoms with E-state index in [1.165, 1.54) is 6.20 Å². The van der Waals surface area contributed by atoms with Crippen molar-refractivity contribution in [1.29, 1.82) is 0 Å². The van der Waals surface area contributed by atoms with E-state index < -0.39 is 59.8 Å². The van der Waals surface area contributed by atoms with E-state index in [2.05, 4.69) is 18.1 Å². The van der Waals surface area contributed by atoms with Crippen LogP contribution in [-0.4, -0.2) is 53.0 Å². The number of hydrogen-bond donors (Lipinski definition) is 6. The van der Waals surface area contributed by atoms with Crippen LogP contribution in [0.4, 0.5) is 0 Å². The molecule has 2 aromatic rings. The number of phosphoric ester groups is 1. The number of nitrogens with one attached hydrogen (secondary N) is 1. The lowest BCUT2D eigenvalue weighted by Gasteiger charge is -2.19. The summed E-state index contributed by atoms with van der Waals surface area (Å²) >= 11 is 0. The number of rotatable bonds is 12. The van der Waals surface area contributed by atoms with Crippen LogP contribution in [0.25, 0.3) is 0 Å². The number of benzene rings is 1. The highest BCUT2D eigenvalue weighted by molar-refractivity contribution is 7.66. The van der Waals surface area contributed by atoms with Crippen molar-refractivity contribution in [3.63, 3.8) is 0 Å². The van der Waals surface area contributed by atoms with Gasteiger partial charge in [0.15, 0.2) is 0 Å². The molecule has 0 amide bonds. The van der Waals surface area contributed by atoms with Crippen LogP contribution >= 0.6 is 23.5 Å². The second-order valence-corrected chi connectivity index (χ2v) is 12.5. The second kappa shape index (κ2) is 12.1. The average molecular weight is 602 g/mol. The normalized spacial score (nSPS) is 23.2. The number of aliphatic hydroxyl groups excluding tert-OH is 1. The molecule has 1 saturated heterocycles. The molecule has 0 aliphatic carbocycles. The first kappa shape index (κ1) is 30.7. The zero-order valence-corrected chi connectivity index (χ0v) is 22.2. The topological polar surface area (TPSA) is 253 Å². The molecule has 0 spiro atoms. The van der Waals surface area contributed by atoms with Crippen molar-refractivity contribution in [2.75, 3.05) is 6.61 Å². The predicted octanol–water partition coefficient (Wildman–Crippen LogP) is 0.554. The zero-order valence-electron chi connectivity index (χ0n) is 19.6. The summed E-state index contributed by atoms with van der Waals surface area (Å²) < 4.78 is 57.7. The first-order chi connectivity index (χ1) is 17.6. The SMILES string of the molecule is Cc1ccccc1COCc1cn([C@H]2CC(O)[C@@H](COP(=O)(O)OP(=O)(O)OP(=O)(O)O)O2)c(=O)[nH]c1=O. The first-order valence-electron chi connectivity index (χ1n) is 10.6. The third kappa shape index (κ3) is 8.86. The summed E-state index contributed by atoms with van der Waals surface area (Å²) in [5, 5.41) is 10.3. The predicted molar refractivity (Wildman–Crippen MR) is 125 cm³/mol. The van der Waals surface area contributed by atoms with E-state index >= 15 is 0 Å².